The van der Waals surface area contributed by atoms with Crippen LogP contribution in [0.2, 0.25) is 0 Å². The van der Waals surface area contributed by atoms with E-state index >= 15 is 0 Å². The molecular formula is C27H30F3N5O4. The molecule has 0 aliphatic carbocycles. The molecule has 3 N–H and O–H groups in total. The van der Waals surface area contributed by atoms with Crippen LogP contribution < -0.4 is 30.6 Å². The number of anilines is 2. The first-order chi connectivity index (χ1) is 18.6. The van der Waals surface area contributed by atoms with Gasteiger partial charge in [-0.2, -0.15) is 23.0 Å². The van der Waals surface area contributed by atoms with Gasteiger partial charge in [-0.3, -0.25) is 4.79 Å². The molecule has 0 unspecified atom stereocenters. The van der Waals surface area contributed by atoms with Gasteiger partial charge in [0.25, 0.3) is 5.56 Å². The van der Waals surface area contributed by atoms with E-state index in [2.05, 4.69) is 5.10 Å². The summed E-state index contributed by atoms with van der Waals surface area (Å²) in [4.78, 5) is 17.5. The molecule has 2 aliphatic heterocycles. The Morgan fingerprint density at radius 3 is 2.41 bits per heavy atom. The number of β-amino-alcohol motifs (C(OH)–C–C–N with tert-alkyl or cyclic N) is 1. The van der Waals surface area contributed by atoms with Crippen molar-refractivity contribution in [3.8, 4) is 28.4 Å². The Morgan fingerprint density at radius 1 is 1.10 bits per heavy atom. The molecule has 2 aromatic carbocycles. The topological polar surface area (TPSA) is 106 Å². The summed E-state index contributed by atoms with van der Waals surface area (Å²) in [6, 6.07) is 8.73. The van der Waals surface area contributed by atoms with Gasteiger partial charge in [-0.05, 0) is 43.2 Å². The number of nitrogens with zero attached hydrogens (tertiary/aromatic N) is 4. The smallest absolute Gasteiger partial charge is 0.418 e. The molecule has 0 spiro atoms. The highest BCUT2D eigenvalue weighted by molar-refractivity contribution is 5.75. The molecule has 0 radical (unpaired) electrons. The fraction of sp³-hybridized carbons (Fsp3) is 0.407. The van der Waals surface area contributed by atoms with E-state index < -0.39 is 23.4 Å². The van der Waals surface area contributed by atoms with E-state index in [1.54, 1.807) is 28.0 Å². The molecule has 3 heterocycles. The van der Waals surface area contributed by atoms with Crippen molar-refractivity contribution in [3.05, 3.63) is 57.9 Å². The number of fused-ring (bicyclic) bond motifs is 1. The summed E-state index contributed by atoms with van der Waals surface area (Å²) < 4.78 is 54.5. The zero-order valence-corrected chi connectivity index (χ0v) is 21.7. The number of nitrogens with two attached hydrogens (primary N) is 1. The Labute approximate surface area is 223 Å². The maximum Gasteiger partial charge on any atom is 0.418 e. The number of ether oxygens (including phenoxy) is 2. The van der Waals surface area contributed by atoms with Crippen molar-refractivity contribution in [2.45, 2.75) is 25.1 Å². The summed E-state index contributed by atoms with van der Waals surface area (Å²) in [5.74, 6) is 0.945. The predicted molar refractivity (Wildman–Crippen MR) is 141 cm³/mol. The molecule has 3 aromatic rings. The summed E-state index contributed by atoms with van der Waals surface area (Å²) in [5, 5.41) is 14.5. The molecular weight excluding hydrogens is 515 g/mol. The van der Waals surface area contributed by atoms with E-state index in [1.165, 1.54) is 26.4 Å². The first kappa shape index (κ1) is 26.8. The molecule has 5 rings (SSSR count). The van der Waals surface area contributed by atoms with E-state index in [9.17, 15) is 23.1 Å². The first-order valence-corrected chi connectivity index (χ1v) is 12.6. The number of rotatable bonds is 7. The van der Waals surface area contributed by atoms with Crippen molar-refractivity contribution in [1.29, 1.82) is 0 Å². The van der Waals surface area contributed by atoms with E-state index in [0.717, 1.165) is 10.7 Å². The molecule has 1 fully saturated rings. The Balaban J connectivity index is 1.79. The van der Waals surface area contributed by atoms with Crippen LogP contribution in [0.5, 0.6) is 11.5 Å². The Hall–Kier alpha value is -3.77. The normalized spacial score (nSPS) is 17.1. The molecule has 0 amide bonds. The lowest BCUT2D eigenvalue weighted by atomic mass is 10.0. The summed E-state index contributed by atoms with van der Waals surface area (Å²) in [6.07, 6.45) is -4.33. The van der Waals surface area contributed by atoms with Gasteiger partial charge in [0.05, 0.1) is 37.3 Å². The van der Waals surface area contributed by atoms with Crippen LogP contribution in [0.4, 0.5) is 24.5 Å². The van der Waals surface area contributed by atoms with Crippen molar-refractivity contribution < 1.29 is 27.8 Å². The number of methoxy groups -OCH3 is 2. The molecule has 0 bridgehead atoms. The van der Waals surface area contributed by atoms with Crippen LogP contribution in [-0.4, -0.2) is 67.9 Å². The minimum atomic E-state index is -4.74. The van der Waals surface area contributed by atoms with Crippen LogP contribution in [0.3, 0.4) is 0 Å². The van der Waals surface area contributed by atoms with Crippen LogP contribution in [0, 0.1) is 0 Å². The predicted octanol–water partition coefficient (Wildman–Crippen LogP) is 2.83. The third kappa shape index (κ3) is 5.01. The van der Waals surface area contributed by atoms with E-state index in [1.807, 2.05) is 0 Å². The van der Waals surface area contributed by atoms with Gasteiger partial charge < -0.3 is 30.1 Å². The van der Waals surface area contributed by atoms with Gasteiger partial charge in [-0.15, -0.1) is 0 Å². The summed E-state index contributed by atoms with van der Waals surface area (Å²) in [6.45, 7) is 1.89. The van der Waals surface area contributed by atoms with Gasteiger partial charge in [-0.1, -0.05) is 0 Å². The number of aliphatic hydroxyl groups is 1. The van der Waals surface area contributed by atoms with Crippen LogP contribution in [0.1, 0.15) is 17.5 Å². The highest BCUT2D eigenvalue weighted by Gasteiger charge is 2.37. The van der Waals surface area contributed by atoms with Gasteiger partial charge in [0.2, 0.25) is 0 Å². The number of halogens is 3. The zero-order chi connectivity index (χ0) is 27.9. The second kappa shape index (κ2) is 10.4. The highest BCUT2D eigenvalue weighted by Crippen LogP contribution is 2.39. The average molecular weight is 546 g/mol. The van der Waals surface area contributed by atoms with Crippen LogP contribution >= 0.6 is 0 Å². The average Bonchev–Trinajstić information content (AvgIpc) is 3.55. The van der Waals surface area contributed by atoms with Crippen LogP contribution in [0.25, 0.3) is 16.9 Å². The highest BCUT2D eigenvalue weighted by atomic mass is 19.4. The lowest BCUT2D eigenvalue weighted by molar-refractivity contribution is -0.137. The zero-order valence-electron chi connectivity index (χ0n) is 21.7. The van der Waals surface area contributed by atoms with Crippen molar-refractivity contribution >= 4 is 11.4 Å². The summed E-state index contributed by atoms with van der Waals surface area (Å²) in [7, 11) is 2.99. The third-order valence-electron chi connectivity index (χ3n) is 7.18. The molecule has 208 valence electrons. The number of hydrogen-bond acceptors (Lipinski definition) is 8. The molecule has 12 heteroatoms. The minimum absolute atomic E-state index is 0.268. The fourth-order valence-electron chi connectivity index (χ4n) is 5.30. The molecule has 9 nitrogen and oxygen atoms in total. The Kier molecular flexibility index (Phi) is 7.17. The van der Waals surface area contributed by atoms with Gasteiger partial charge in [-0.25, -0.2) is 0 Å². The molecule has 0 saturated carbocycles. The first-order valence-electron chi connectivity index (χ1n) is 12.6. The van der Waals surface area contributed by atoms with Gasteiger partial charge >= 0.3 is 6.18 Å². The summed E-state index contributed by atoms with van der Waals surface area (Å²) in [5.41, 5.74) is 6.05. The van der Waals surface area contributed by atoms with Crippen LogP contribution in [-0.2, 0) is 12.6 Å². The number of alkyl halides is 3. The Morgan fingerprint density at radius 2 is 1.82 bits per heavy atom. The maximum absolute atomic E-state index is 14.3. The van der Waals surface area contributed by atoms with Crippen molar-refractivity contribution in [2.75, 3.05) is 56.7 Å². The van der Waals surface area contributed by atoms with Crippen molar-refractivity contribution in [3.63, 3.8) is 0 Å². The van der Waals surface area contributed by atoms with Crippen molar-refractivity contribution in [1.82, 2.24) is 9.78 Å². The monoisotopic (exact) mass is 545 g/mol. The maximum atomic E-state index is 14.3. The standard InChI is InChI=1S/C27H30F3N5O4/c1-38-19-11-16(12-20(14-19)39-2)24-21-6-9-33(10-7-31)25(21)26(37)35(32-24)23-13-17(34-8-5-18(36)15-34)3-4-22(23)27(28,29)30/h3-4,11-14,18,36H,5-10,15,31H2,1-2H3/t18-/m0/s1. The molecule has 1 saturated heterocycles. The largest absolute Gasteiger partial charge is 0.497 e. The van der Waals surface area contributed by atoms with Gasteiger partial charge in [0, 0.05) is 55.6 Å². The van der Waals surface area contributed by atoms with E-state index in [-0.39, 0.29) is 24.5 Å². The van der Waals surface area contributed by atoms with Crippen molar-refractivity contribution in [2.24, 2.45) is 5.73 Å². The molecule has 39 heavy (non-hydrogen) atoms. The second-order valence-corrected chi connectivity index (χ2v) is 9.61. The molecule has 2 aliphatic rings. The Bertz CT molecular complexity index is 1420. The number of aromatic nitrogens is 2. The third-order valence-corrected chi connectivity index (χ3v) is 7.18. The number of hydrogen-bond donors (Lipinski definition) is 2. The lowest BCUT2D eigenvalue weighted by Crippen LogP contribution is -2.34. The number of benzene rings is 2. The fourth-order valence-corrected chi connectivity index (χ4v) is 5.30. The molecule has 1 atom stereocenters. The minimum Gasteiger partial charge on any atom is -0.497 e. The van der Waals surface area contributed by atoms with Gasteiger partial charge in [0.1, 0.15) is 17.2 Å². The van der Waals surface area contributed by atoms with E-state index in [0.29, 0.717) is 66.5 Å². The molecule has 1 aromatic heterocycles. The van der Waals surface area contributed by atoms with Gasteiger partial charge in [0.15, 0.2) is 0 Å². The van der Waals surface area contributed by atoms with Crippen LogP contribution in [0.15, 0.2) is 41.2 Å². The number of aliphatic hydroxyl groups excluding tert-OH is 1. The second-order valence-electron chi connectivity index (χ2n) is 9.61. The quantitative estimate of drug-likeness (QED) is 0.467. The van der Waals surface area contributed by atoms with E-state index in [4.69, 9.17) is 15.2 Å². The SMILES string of the molecule is COc1cc(OC)cc(-c2nn(-c3cc(N4CC[C@H](O)C4)ccc3C(F)(F)F)c(=O)c3c2CCN3CCN)c1. The lowest BCUT2D eigenvalue weighted by Gasteiger charge is -2.23. The summed E-state index contributed by atoms with van der Waals surface area (Å²) >= 11 is 0.